The number of carbonyl (C=O) groups excluding carboxylic acids is 1. The maximum Gasteiger partial charge on any atom is 0.239 e. The van der Waals surface area contributed by atoms with Crippen LogP contribution in [0.15, 0.2) is 0 Å². The van der Waals surface area contributed by atoms with Gasteiger partial charge in [0, 0.05) is 6.54 Å². The molecule has 58 valence electrons. The molecule has 1 aliphatic heterocycles. The zero-order valence-electron chi connectivity index (χ0n) is 6.53. The highest BCUT2D eigenvalue weighted by atomic mass is 16.2. The molecule has 0 aliphatic carbocycles. The van der Waals surface area contributed by atoms with E-state index in [0.29, 0.717) is 0 Å². The second kappa shape index (κ2) is 2.58. The minimum Gasteiger partial charge on any atom is -0.354 e. The lowest BCUT2D eigenvalue weighted by molar-refractivity contribution is -0.125. The summed E-state index contributed by atoms with van der Waals surface area (Å²) in [4.78, 5) is 11.2. The van der Waals surface area contributed by atoms with E-state index < -0.39 is 0 Å². The number of carbonyl (C=O) groups is 1. The van der Waals surface area contributed by atoms with Gasteiger partial charge in [-0.25, -0.2) is 0 Å². The highest BCUT2D eigenvalue weighted by Gasteiger charge is 2.27. The van der Waals surface area contributed by atoms with Crippen molar-refractivity contribution < 1.29 is 4.79 Å². The van der Waals surface area contributed by atoms with Gasteiger partial charge in [0.15, 0.2) is 0 Å². The van der Waals surface area contributed by atoms with Gasteiger partial charge in [-0.1, -0.05) is 0 Å². The second-order valence-corrected chi connectivity index (χ2v) is 3.16. The minimum absolute atomic E-state index is 0.102. The molecule has 0 aromatic carbocycles. The molecule has 0 saturated carbocycles. The van der Waals surface area contributed by atoms with Gasteiger partial charge in [-0.3, -0.25) is 4.79 Å². The maximum atomic E-state index is 11.2. The molecule has 0 atom stereocenters. The fourth-order valence-electron chi connectivity index (χ4n) is 0.992. The molecular weight excluding hydrogens is 128 g/mol. The number of nitrogens with one attached hydrogen (secondary N) is 2. The number of hydrogen-bond acceptors (Lipinski definition) is 2. The van der Waals surface area contributed by atoms with E-state index in [1.54, 1.807) is 0 Å². The zero-order chi connectivity index (χ0) is 7.61. The lowest BCUT2D eigenvalue weighted by Crippen LogP contribution is -2.50. The van der Waals surface area contributed by atoms with Crippen LogP contribution in [-0.4, -0.2) is 24.5 Å². The first kappa shape index (κ1) is 7.54. The first-order chi connectivity index (χ1) is 4.63. The number of hydrogen-bond donors (Lipinski definition) is 2. The molecule has 2 N–H and O–H groups in total. The summed E-state index contributed by atoms with van der Waals surface area (Å²) in [6, 6.07) is 0. The largest absolute Gasteiger partial charge is 0.354 e. The zero-order valence-corrected chi connectivity index (χ0v) is 6.53. The molecule has 1 fully saturated rings. The Kier molecular flexibility index (Phi) is 1.94. The van der Waals surface area contributed by atoms with Crippen LogP contribution in [0.25, 0.3) is 0 Å². The lowest BCUT2D eigenvalue weighted by atomic mass is 10.1. The molecule has 0 aromatic rings. The molecule has 1 saturated heterocycles. The van der Waals surface area contributed by atoms with E-state index in [-0.39, 0.29) is 11.4 Å². The first-order valence-corrected chi connectivity index (χ1v) is 3.66. The highest BCUT2D eigenvalue weighted by molar-refractivity contribution is 5.85. The molecule has 3 nitrogen and oxygen atoms in total. The Balaban J connectivity index is 2.61. The van der Waals surface area contributed by atoms with Gasteiger partial charge in [-0.05, 0) is 26.8 Å². The van der Waals surface area contributed by atoms with E-state index in [4.69, 9.17) is 0 Å². The van der Waals surface area contributed by atoms with Crippen LogP contribution in [0.2, 0.25) is 0 Å². The van der Waals surface area contributed by atoms with Gasteiger partial charge in [0.25, 0.3) is 0 Å². The van der Waals surface area contributed by atoms with Crippen molar-refractivity contribution >= 4 is 5.91 Å². The summed E-state index contributed by atoms with van der Waals surface area (Å²) in [6.45, 7) is 5.52. The summed E-state index contributed by atoms with van der Waals surface area (Å²) in [6.07, 6.45) is 1.02. The SMILES string of the molecule is CC1(C)NCCCNC1=O. The Hall–Kier alpha value is -0.570. The molecule has 1 rings (SSSR count). The maximum absolute atomic E-state index is 11.2. The number of rotatable bonds is 0. The van der Waals surface area contributed by atoms with Crippen LogP contribution in [0.4, 0.5) is 0 Å². The van der Waals surface area contributed by atoms with Crippen molar-refractivity contribution in [1.82, 2.24) is 10.6 Å². The van der Waals surface area contributed by atoms with E-state index in [2.05, 4.69) is 10.6 Å². The van der Waals surface area contributed by atoms with Gasteiger partial charge in [-0.15, -0.1) is 0 Å². The van der Waals surface area contributed by atoms with Crippen LogP contribution in [0, 0.1) is 0 Å². The summed E-state index contributed by atoms with van der Waals surface area (Å²) in [5.41, 5.74) is -0.378. The van der Waals surface area contributed by atoms with Crippen molar-refractivity contribution in [3.63, 3.8) is 0 Å². The van der Waals surface area contributed by atoms with E-state index in [1.165, 1.54) is 0 Å². The normalized spacial score (nSPS) is 25.2. The van der Waals surface area contributed by atoms with Crippen LogP contribution in [-0.2, 0) is 4.79 Å². The van der Waals surface area contributed by atoms with Crippen molar-refractivity contribution in [1.29, 1.82) is 0 Å². The predicted octanol–water partition coefficient (Wildman–Crippen LogP) is -0.126. The van der Waals surface area contributed by atoms with E-state index in [1.807, 2.05) is 13.8 Å². The molecule has 10 heavy (non-hydrogen) atoms. The average molecular weight is 142 g/mol. The quantitative estimate of drug-likeness (QED) is 0.495. The first-order valence-electron chi connectivity index (χ1n) is 3.66. The average Bonchev–Trinajstić information content (AvgIpc) is 1.96. The Labute approximate surface area is 61.2 Å². The Morgan fingerprint density at radius 2 is 2.10 bits per heavy atom. The molecule has 3 heteroatoms. The van der Waals surface area contributed by atoms with E-state index in [0.717, 1.165) is 19.5 Å². The molecule has 0 aromatic heterocycles. The molecule has 0 spiro atoms. The Morgan fingerprint density at radius 1 is 1.40 bits per heavy atom. The lowest BCUT2D eigenvalue weighted by Gasteiger charge is -2.21. The minimum atomic E-state index is -0.378. The smallest absolute Gasteiger partial charge is 0.239 e. The Bertz CT molecular complexity index is 143. The predicted molar refractivity (Wildman–Crippen MR) is 39.7 cm³/mol. The van der Waals surface area contributed by atoms with Crippen LogP contribution in [0.5, 0.6) is 0 Å². The van der Waals surface area contributed by atoms with Crippen molar-refractivity contribution in [3.05, 3.63) is 0 Å². The fourth-order valence-corrected chi connectivity index (χ4v) is 0.992. The molecule has 0 radical (unpaired) electrons. The van der Waals surface area contributed by atoms with Gasteiger partial charge < -0.3 is 10.6 Å². The standard InChI is InChI=1S/C7H14N2O/c1-7(2)6(10)8-4-3-5-9-7/h9H,3-5H2,1-2H3,(H,8,10). The molecule has 1 heterocycles. The summed E-state index contributed by atoms with van der Waals surface area (Å²) in [5.74, 6) is 0.102. The summed E-state index contributed by atoms with van der Waals surface area (Å²) in [7, 11) is 0. The van der Waals surface area contributed by atoms with Gasteiger partial charge in [0.2, 0.25) is 5.91 Å². The second-order valence-electron chi connectivity index (χ2n) is 3.16. The monoisotopic (exact) mass is 142 g/mol. The van der Waals surface area contributed by atoms with Crippen LogP contribution < -0.4 is 10.6 Å². The van der Waals surface area contributed by atoms with Crippen molar-refractivity contribution in [2.75, 3.05) is 13.1 Å². The molecule has 0 unspecified atom stereocenters. The highest BCUT2D eigenvalue weighted by Crippen LogP contribution is 2.03. The van der Waals surface area contributed by atoms with Gasteiger partial charge >= 0.3 is 0 Å². The number of amides is 1. The third kappa shape index (κ3) is 1.48. The van der Waals surface area contributed by atoms with E-state index >= 15 is 0 Å². The summed E-state index contributed by atoms with van der Waals surface area (Å²) in [5, 5.41) is 5.99. The van der Waals surface area contributed by atoms with Crippen molar-refractivity contribution in [3.8, 4) is 0 Å². The third-order valence-electron chi connectivity index (χ3n) is 1.77. The van der Waals surface area contributed by atoms with Crippen LogP contribution in [0.1, 0.15) is 20.3 Å². The fraction of sp³-hybridized carbons (Fsp3) is 0.857. The Morgan fingerprint density at radius 3 is 2.80 bits per heavy atom. The van der Waals surface area contributed by atoms with Crippen LogP contribution in [0.3, 0.4) is 0 Å². The molecule has 1 amide bonds. The molecule has 0 bridgehead atoms. The molecule has 1 aliphatic rings. The molecular formula is C7H14N2O. The third-order valence-corrected chi connectivity index (χ3v) is 1.77. The van der Waals surface area contributed by atoms with Gasteiger partial charge in [0.1, 0.15) is 0 Å². The summed E-state index contributed by atoms with van der Waals surface area (Å²) >= 11 is 0. The van der Waals surface area contributed by atoms with Crippen molar-refractivity contribution in [2.45, 2.75) is 25.8 Å². The van der Waals surface area contributed by atoms with Gasteiger partial charge in [-0.2, -0.15) is 0 Å². The topological polar surface area (TPSA) is 41.1 Å². The van der Waals surface area contributed by atoms with E-state index in [9.17, 15) is 4.79 Å². The summed E-state index contributed by atoms with van der Waals surface area (Å²) < 4.78 is 0. The van der Waals surface area contributed by atoms with Crippen LogP contribution >= 0.6 is 0 Å². The van der Waals surface area contributed by atoms with Gasteiger partial charge in [0.05, 0.1) is 5.54 Å². The van der Waals surface area contributed by atoms with Crippen molar-refractivity contribution in [2.24, 2.45) is 0 Å².